The minimum atomic E-state index is -3.85. The second-order valence-corrected chi connectivity index (χ2v) is 7.84. The number of hydrogen-bond donors (Lipinski definition) is 2. The summed E-state index contributed by atoms with van der Waals surface area (Å²) in [7, 11) is -3.85. The first-order chi connectivity index (χ1) is 9.46. The molecule has 1 aromatic carbocycles. The monoisotopic (exact) mass is 315 g/mol. The van der Waals surface area contributed by atoms with Crippen LogP contribution in [0, 0.1) is 0 Å². The molecule has 0 spiro atoms. The number of para-hydroxylation sites is 1. The molecule has 0 radical (unpaired) electrons. The Kier molecular flexibility index (Phi) is 4.93. The van der Waals surface area contributed by atoms with Crippen LogP contribution in [0.25, 0.3) is 0 Å². The Labute approximate surface area is 122 Å². The number of carboxylic acids is 1. The molecule has 2 rings (SSSR count). The highest BCUT2D eigenvalue weighted by atomic mass is 32.2. The van der Waals surface area contributed by atoms with Gasteiger partial charge in [0, 0.05) is 10.1 Å². The van der Waals surface area contributed by atoms with Crippen LogP contribution in [0.1, 0.15) is 25.7 Å². The summed E-state index contributed by atoms with van der Waals surface area (Å²) in [4.78, 5) is 11.4. The molecule has 0 atom stereocenters. The van der Waals surface area contributed by atoms with E-state index < -0.39 is 21.7 Å². The molecule has 0 unspecified atom stereocenters. The van der Waals surface area contributed by atoms with Crippen molar-refractivity contribution in [3.05, 3.63) is 24.3 Å². The van der Waals surface area contributed by atoms with Crippen molar-refractivity contribution in [2.75, 3.05) is 10.5 Å². The molecule has 0 aliphatic heterocycles. The van der Waals surface area contributed by atoms with E-state index in [1.54, 1.807) is 23.9 Å². The van der Waals surface area contributed by atoms with Crippen LogP contribution in [0.2, 0.25) is 0 Å². The van der Waals surface area contributed by atoms with E-state index in [0.717, 1.165) is 17.7 Å². The van der Waals surface area contributed by atoms with E-state index in [1.165, 1.54) is 12.8 Å². The first-order valence-electron chi connectivity index (χ1n) is 6.44. The van der Waals surface area contributed by atoms with E-state index >= 15 is 0 Å². The summed E-state index contributed by atoms with van der Waals surface area (Å²) in [6.07, 6.45) is 4.71. The quantitative estimate of drug-likeness (QED) is 0.843. The molecule has 1 aromatic rings. The van der Waals surface area contributed by atoms with E-state index in [-0.39, 0.29) is 0 Å². The number of sulfonamides is 1. The van der Waals surface area contributed by atoms with Gasteiger partial charge in [0.05, 0.1) is 5.69 Å². The Hall–Kier alpha value is -1.21. The molecular formula is C13H17NO4S2. The normalized spacial score (nSPS) is 16.2. The molecule has 1 aliphatic carbocycles. The van der Waals surface area contributed by atoms with Gasteiger partial charge in [0.25, 0.3) is 0 Å². The van der Waals surface area contributed by atoms with Gasteiger partial charge in [-0.2, -0.15) is 0 Å². The number of benzene rings is 1. The van der Waals surface area contributed by atoms with Crippen LogP contribution in [0.15, 0.2) is 29.2 Å². The highest BCUT2D eigenvalue weighted by molar-refractivity contribution is 8.00. The van der Waals surface area contributed by atoms with Gasteiger partial charge in [-0.05, 0) is 25.0 Å². The third-order valence-electron chi connectivity index (χ3n) is 3.06. The van der Waals surface area contributed by atoms with Crippen LogP contribution >= 0.6 is 11.8 Å². The summed E-state index contributed by atoms with van der Waals surface area (Å²) in [5.41, 5.74) is 0.464. The predicted molar refractivity (Wildman–Crippen MR) is 79.6 cm³/mol. The minimum absolute atomic E-state index is 0.464. The molecule has 0 amide bonds. The summed E-state index contributed by atoms with van der Waals surface area (Å²) >= 11 is 1.66. The molecule has 20 heavy (non-hydrogen) atoms. The summed E-state index contributed by atoms with van der Waals surface area (Å²) in [5.74, 6) is -2.28. The van der Waals surface area contributed by atoms with E-state index in [2.05, 4.69) is 4.72 Å². The van der Waals surface area contributed by atoms with E-state index in [9.17, 15) is 13.2 Å². The lowest BCUT2D eigenvalue weighted by atomic mass is 10.3. The van der Waals surface area contributed by atoms with Crippen LogP contribution in [-0.2, 0) is 14.8 Å². The molecular weight excluding hydrogens is 298 g/mol. The average Bonchev–Trinajstić information content (AvgIpc) is 2.82. The smallest absolute Gasteiger partial charge is 0.320 e. The van der Waals surface area contributed by atoms with Gasteiger partial charge in [-0.15, -0.1) is 11.8 Å². The third kappa shape index (κ3) is 4.42. The van der Waals surface area contributed by atoms with Crippen molar-refractivity contribution in [1.82, 2.24) is 0 Å². The topological polar surface area (TPSA) is 83.5 Å². The van der Waals surface area contributed by atoms with Gasteiger partial charge in [0.2, 0.25) is 10.0 Å². The molecule has 0 bridgehead atoms. The summed E-state index contributed by atoms with van der Waals surface area (Å²) < 4.78 is 25.8. The standard InChI is InChI=1S/C13H17NO4S2/c15-13(16)9-20(17,18)14-11-7-3-4-8-12(11)19-10-5-1-2-6-10/h3-4,7-8,10,14H,1-2,5-6,9H2,(H,15,16). The lowest BCUT2D eigenvalue weighted by molar-refractivity contribution is -0.134. The first kappa shape index (κ1) is 15.2. The Morgan fingerprint density at radius 3 is 2.60 bits per heavy atom. The first-order valence-corrected chi connectivity index (χ1v) is 8.97. The predicted octanol–water partition coefficient (Wildman–Crippen LogP) is 2.55. The highest BCUT2D eigenvalue weighted by Crippen LogP contribution is 2.38. The molecule has 2 N–H and O–H groups in total. The van der Waals surface area contributed by atoms with Crippen LogP contribution < -0.4 is 4.72 Å². The van der Waals surface area contributed by atoms with Crippen molar-refractivity contribution >= 4 is 33.4 Å². The fourth-order valence-corrected chi connectivity index (χ4v) is 4.51. The maximum atomic E-state index is 11.7. The van der Waals surface area contributed by atoms with Crippen LogP contribution in [0.3, 0.4) is 0 Å². The van der Waals surface area contributed by atoms with Gasteiger partial charge in [-0.1, -0.05) is 25.0 Å². The Morgan fingerprint density at radius 2 is 1.95 bits per heavy atom. The number of hydrogen-bond acceptors (Lipinski definition) is 4. The molecule has 1 saturated carbocycles. The van der Waals surface area contributed by atoms with Crippen molar-refractivity contribution in [2.45, 2.75) is 35.8 Å². The zero-order valence-electron chi connectivity index (χ0n) is 10.9. The second-order valence-electron chi connectivity index (χ2n) is 4.78. The van der Waals surface area contributed by atoms with Crippen LogP contribution in [0.4, 0.5) is 5.69 Å². The van der Waals surface area contributed by atoms with Gasteiger partial charge in [0.1, 0.15) is 0 Å². The number of carboxylic acid groups (broad SMARTS) is 1. The third-order valence-corrected chi connectivity index (χ3v) is 5.63. The van der Waals surface area contributed by atoms with Crippen molar-refractivity contribution in [2.24, 2.45) is 0 Å². The number of carbonyl (C=O) groups is 1. The van der Waals surface area contributed by atoms with E-state index in [4.69, 9.17) is 5.11 Å². The number of rotatable bonds is 6. The van der Waals surface area contributed by atoms with Crippen molar-refractivity contribution in [3.8, 4) is 0 Å². The number of anilines is 1. The number of aliphatic carboxylic acids is 1. The Balaban J connectivity index is 2.13. The molecule has 0 aromatic heterocycles. The fraction of sp³-hybridized carbons (Fsp3) is 0.462. The number of nitrogens with one attached hydrogen (secondary N) is 1. The van der Waals surface area contributed by atoms with Gasteiger partial charge in [0.15, 0.2) is 5.75 Å². The molecule has 0 heterocycles. The Morgan fingerprint density at radius 1 is 1.30 bits per heavy atom. The average molecular weight is 315 g/mol. The maximum absolute atomic E-state index is 11.7. The summed E-state index contributed by atoms with van der Waals surface area (Å²) in [6, 6.07) is 7.11. The minimum Gasteiger partial charge on any atom is -0.480 e. The molecule has 1 fully saturated rings. The van der Waals surface area contributed by atoms with Gasteiger partial charge in [-0.3, -0.25) is 9.52 Å². The summed E-state index contributed by atoms with van der Waals surface area (Å²) in [5, 5.41) is 9.12. The maximum Gasteiger partial charge on any atom is 0.320 e. The number of thioether (sulfide) groups is 1. The fourth-order valence-electron chi connectivity index (χ4n) is 2.21. The zero-order valence-corrected chi connectivity index (χ0v) is 12.5. The van der Waals surface area contributed by atoms with Crippen molar-refractivity contribution in [3.63, 3.8) is 0 Å². The largest absolute Gasteiger partial charge is 0.480 e. The van der Waals surface area contributed by atoms with Gasteiger partial charge >= 0.3 is 5.97 Å². The lowest BCUT2D eigenvalue weighted by Crippen LogP contribution is -2.22. The van der Waals surface area contributed by atoms with Gasteiger partial charge in [-0.25, -0.2) is 8.42 Å². The Bertz CT molecular complexity index is 580. The van der Waals surface area contributed by atoms with Crippen molar-refractivity contribution < 1.29 is 18.3 Å². The van der Waals surface area contributed by atoms with Gasteiger partial charge < -0.3 is 5.11 Å². The van der Waals surface area contributed by atoms with Crippen LogP contribution in [-0.4, -0.2) is 30.5 Å². The van der Waals surface area contributed by atoms with E-state index in [1.807, 2.05) is 12.1 Å². The molecule has 0 saturated heterocycles. The second kappa shape index (κ2) is 6.49. The summed E-state index contributed by atoms with van der Waals surface area (Å²) in [6.45, 7) is 0. The molecule has 7 heteroatoms. The molecule has 5 nitrogen and oxygen atoms in total. The zero-order chi connectivity index (χ0) is 14.6. The molecule has 1 aliphatic rings. The van der Waals surface area contributed by atoms with E-state index in [0.29, 0.717) is 10.9 Å². The lowest BCUT2D eigenvalue weighted by Gasteiger charge is -2.14. The van der Waals surface area contributed by atoms with Crippen molar-refractivity contribution in [1.29, 1.82) is 0 Å². The molecule has 110 valence electrons. The van der Waals surface area contributed by atoms with Crippen LogP contribution in [0.5, 0.6) is 0 Å². The highest BCUT2D eigenvalue weighted by Gasteiger charge is 2.20. The SMILES string of the molecule is O=C(O)CS(=O)(=O)Nc1ccccc1SC1CCCC1.